The molecule has 0 fully saturated rings. The van der Waals surface area contributed by atoms with Gasteiger partial charge < -0.3 is 0 Å². The molecule has 0 bridgehead atoms. The van der Waals surface area contributed by atoms with Gasteiger partial charge in [-0.1, -0.05) is 0 Å². The molecule has 0 saturated carbocycles. The summed E-state index contributed by atoms with van der Waals surface area (Å²) in [6.45, 7) is 0. The SMILES string of the molecule is N#C/C(=C\c1ccc([N+](=O)[O-])cc1)c1nc(-c2ccncc2)cs1. The molecule has 2 heterocycles. The highest BCUT2D eigenvalue weighted by molar-refractivity contribution is 7.11. The first-order chi connectivity index (χ1) is 11.7. The molecule has 7 heteroatoms. The molecule has 2 aromatic heterocycles. The van der Waals surface area contributed by atoms with Crippen LogP contribution in [-0.4, -0.2) is 14.9 Å². The maximum Gasteiger partial charge on any atom is 0.269 e. The number of benzene rings is 1. The zero-order valence-corrected chi connectivity index (χ0v) is 13.1. The van der Waals surface area contributed by atoms with Crippen molar-refractivity contribution >= 4 is 28.7 Å². The molecule has 3 rings (SSSR count). The van der Waals surface area contributed by atoms with Crippen molar-refractivity contribution in [2.24, 2.45) is 0 Å². The van der Waals surface area contributed by atoms with Gasteiger partial charge in [-0.3, -0.25) is 15.1 Å². The maximum absolute atomic E-state index is 10.7. The molecule has 6 nitrogen and oxygen atoms in total. The van der Waals surface area contributed by atoms with Gasteiger partial charge in [0.1, 0.15) is 11.1 Å². The average Bonchev–Trinajstić information content (AvgIpc) is 3.11. The summed E-state index contributed by atoms with van der Waals surface area (Å²) in [4.78, 5) is 18.7. The molecule has 3 aromatic rings. The van der Waals surface area contributed by atoms with Gasteiger partial charge in [0.05, 0.1) is 16.2 Å². The highest BCUT2D eigenvalue weighted by atomic mass is 32.1. The number of non-ortho nitro benzene ring substituents is 1. The summed E-state index contributed by atoms with van der Waals surface area (Å²) in [6, 6.07) is 11.9. The van der Waals surface area contributed by atoms with Crippen LogP contribution < -0.4 is 0 Å². The van der Waals surface area contributed by atoms with E-state index in [1.165, 1.54) is 23.5 Å². The number of nitro groups is 1. The predicted octanol–water partition coefficient (Wildman–Crippen LogP) is 4.18. The van der Waals surface area contributed by atoms with Crippen molar-refractivity contribution in [3.63, 3.8) is 0 Å². The Hall–Kier alpha value is -3.37. The lowest BCUT2D eigenvalue weighted by molar-refractivity contribution is -0.384. The lowest BCUT2D eigenvalue weighted by Gasteiger charge is -1.97. The number of hydrogen-bond donors (Lipinski definition) is 0. The Morgan fingerprint density at radius 1 is 1.21 bits per heavy atom. The molecule has 0 aliphatic heterocycles. The van der Waals surface area contributed by atoms with E-state index in [2.05, 4.69) is 16.0 Å². The zero-order chi connectivity index (χ0) is 16.9. The standard InChI is InChI=1S/C17H10N4O2S/c18-10-14(9-12-1-3-15(4-2-12)21(22)23)17-20-16(11-24-17)13-5-7-19-8-6-13/h1-9,11H/b14-9+. The molecule has 24 heavy (non-hydrogen) atoms. The third kappa shape index (κ3) is 3.34. The van der Waals surface area contributed by atoms with Crippen molar-refractivity contribution in [3.05, 3.63) is 74.9 Å². The van der Waals surface area contributed by atoms with Crippen LogP contribution in [0.2, 0.25) is 0 Å². The minimum absolute atomic E-state index is 0.0138. The highest BCUT2D eigenvalue weighted by Gasteiger charge is 2.10. The van der Waals surface area contributed by atoms with Crippen LogP contribution in [-0.2, 0) is 0 Å². The van der Waals surface area contributed by atoms with E-state index in [-0.39, 0.29) is 5.69 Å². The third-order valence-corrected chi connectivity index (χ3v) is 4.12. The lowest BCUT2D eigenvalue weighted by Crippen LogP contribution is -1.87. The molecule has 0 atom stereocenters. The number of pyridine rings is 1. The van der Waals surface area contributed by atoms with Crippen LogP contribution in [0, 0.1) is 21.4 Å². The molecule has 0 amide bonds. The second-order valence-electron chi connectivity index (χ2n) is 4.79. The molecule has 0 saturated heterocycles. The molecule has 116 valence electrons. The first-order valence-electron chi connectivity index (χ1n) is 6.90. The molecule has 0 aliphatic carbocycles. The zero-order valence-electron chi connectivity index (χ0n) is 12.3. The van der Waals surface area contributed by atoms with Gasteiger partial charge in [-0.2, -0.15) is 5.26 Å². The van der Waals surface area contributed by atoms with Crippen LogP contribution in [0.4, 0.5) is 5.69 Å². The molecule has 0 radical (unpaired) electrons. The number of nitrogens with zero attached hydrogens (tertiary/aromatic N) is 4. The highest BCUT2D eigenvalue weighted by Crippen LogP contribution is 2.27. The second-order valence-corrected chi connectivity index (χ2v) is 5.65. The van der Waals surface area contributed by atoms with E-state index in [0.29, 0.717) is 16.1 Å². The van der Waals surface area contributed by atoms with Gasteiger partial charge in [0.2, 0.25) is 0 Å². The average molecular weight is 334 g/mol. The van der Waals surface area contributed by atoms with Crippen molar-refractivity contribution in [1.82, 2.24) is 9.97 Å². The number of nitriles is 1. The summed E-state index contributed by atoms with van der Waals surface area (Å²) in [6.07, 6.45) is 5.04. The fourth-order valence-electron chi connectivity index (χ4n) is 2.05. The number of aromatic nitrogens is 2. The summed E-state index contributed by atoms with van der Waals surface area (Å²) in [5.41, 5.74) is 2.84. The number of allylic oxidation sites excluding steroid dienone is 1. The largest absolute Gasteiger partial charge is 0.269 e. The van der Waals surface area contributed by atoms with E-state index < -0.39 is 4.92 Å². The van der Waals surface area contributed by atoms with E-state index >= 15 is 0 Å². The van der Waals surface area contributed by atoms with Crippen molar-refractivity contribution in [3.8, 4) is 17.3 Å². The van der Waals surface area contributed by atoms with E-state index in [1.54, 1.807) is 30.6 Å². The minimum atomic E-state index is -0.458. The number of thiazole rings is 1. The molecule has 0 unspecified atom stereocenters. The Morgan fingerprint density at radius 2 is 1.92 bits per heavy atom. The Labute approximate surface area is 141 Å². The Bertz CT molecular complexity index is 941. The number of hydrogen-bond acceptors (Lipinski definition) is 6. The van der Waals surface area contributed by atoms with Gasteiger partial charge >= 0.3 is 0 Å². The molecular weight excluding hydrogens is 324 g/mol. The van der Waals surface area contributed by atoms with E-state index in [4.69, 9.17) is 0 Å². The van der Waals surface area contributed by atoms with E-state index in [9.17, 15) is 15.4 Å². The smallest absolute Gasteiger partial charge is 0.265 e. The monoisotopic (exact) mass is 334 g/mol. The van der Waals surface area contributed by atoms with Gasteiger partial charge in [0, 0.05) is 35.5 Å². The summed E-state index contributed by atoms with van der Waals surface area (Å²) in [7, 11) is 0. The van der Waals surface area contributed by atoms with Crippen molar-refractivity contribution in [2.45, 2.75) is 0 Å². The van der Waals surface area contributed by atoms with Crippen LogP contribution in [0.25, 0.3) is 22.9 Å². The molecule has 0 spiro atoms. The Morgan fingerprint density at radius 3 is 2.54 bits per heavy atom. The summed E-state index contributed by atoms with van der Waals surface area (Å²) < 4.78 is 0. The van der Waals surface area contributed by atoms with Crippen LogP contribution in [0.15, 0.2) is 54.2 Å². The first-order valence-corrected chi connectivity index (χ1v) is 7.78. The van der Waals surface area contributed by atoms with Gasteiger partial charge in [-0.25, -0.2) is 4.98 Å². The summed E-state index contributed by atoms with van der Waals surface area (Å²) in [5.74, 6) is 0. The van der Waals surface area contributed by atoms with Gasteiger partial charge in [-0.05, 0) is 35.9 Å². The van der Waals surface area contributed by atoms with Crippen LogP contribution >= 0.6 is 11.3 Å². The van der Waals surface area contributed by atoms with Gasteiger partial charge in [0.25, 0.3) is 5.69 Å². The van der Waals surface area contributed by atoms with Crippen molar-refractivity contribution < 1.29 is 4.92 Å². The fourth-order valence-corrected chi connectivity index (χ4v) is 2.85. The summed E-state index contributed by atoms with van der Waals surface area (Å²) in [5, 5.41) is 22.5. The second kappa shape index (κ2) is 6.81. The quantitative estimate of drug-likeness (QED) is 0.405. The van der Waals surface area contributed by atoms with Crippen LogP contribution in [0.1, 0.15) is 10.6 Å². The summed E-state index contributed by atoms with van der Waals surface area (Å²) >= 11 is 1.37. The van der Waals surface area contributed by atoms with Gasteiger partial charge in [0.15, 0.2) is 0 Å². The number of nitro benzene ring substituents is 1. The van der Waals surface area contributed by atoms with E-state index in [0.717, 1.165) is 11.3 Å². The lowest BCUT2D eigenvalue weighted by atomic mass is 10.1. The van der Waals surface area contributed by atoms with Crippen LogP contribution in [0.3, 0.4) is 0 Å². The molecule has 0 aliphatic rings. The van der Waals surface area contributed by atoms with Crippen molar-refractivity contribution in [1.29, 1.82) is 5.26 Å². The van der Waals surface area contributed by atoms with Crippen molar-refractivity contribution in [2.75, 3.05) is 0 Å². The molecule has 1 aromatic carbocycles. The Kier molecular flexibility index (Phi) is 4.40. The fraction of sp³-hybridized carbons (Fsp3) is 0. The predicted molar refractivity (Wildman–Crippen MR) is 91.9 cm³/mol. The number of rotatable bonds is 4. The normalized spacial score (nSPS) is 11.0. The topological polar surface area (TPSA) is 92.7 Å². The third-order valence-electron chi connectivity index (χ3n) is 3.25. The van der Waals surface area contributed by atoms with Crippen LogP contribution in [0.5, 0.6) is 0 Å². The first kappa shape index (κ1) is 15.5. The van der Waals surface area contributed by atoms with E-state index in [1.807, 2.05) is 17.5 Å². The minimum Gasteiger partial charge on any atom is -0.265 e. The van der Waals surface area contributed by atoms with Gasteiger partial charge in [-0.15, -0.1) is 11.3 Å². The Balaban J connectivity index is 1.90. The molecule has 0 N–H and O–H groups in total. The maximum atomic E-state index is 10.7. The molecular formula is C17H10N4O2S.